The molecule has 2 heterocycles. The van der Waals surface area contributed by atoms with Crippen molar-refractivity contribution in [2.75, 3.05) is 0 Å². The molecule has 224 valence electrons. The molecule has 12 rings (SSSR count). The number of hydrogen-bond donors (Lipinski definition) is 0. The van der Waals surface area contributed by atoms with E-state index >= 15 is 0 Å². The average molecular weight is 605 g/mol. The van der Waals surface area contributed by atoms with E-state index in [1.165, 1.54) is 49.7 Å². The van der Waals surface area contributed by atoms with Crippen molar-refractivity contribution >= 4 is 21.8 Å². The topological polar surface area (TPSA) is 43.6 Å². The number of para-hydroxylation sites is 2. The minimum Gasteiger partial charge on any atom is -0.309 e. The lowest BCUT2D eigenvalue weighted by molar-refractivity contribution is 0.906. The summed E-state index contributed by atoms with van der Waals surface area (Å²) in [5.41, 5.74) is 12.1. The maximum Gasteiger partial charge on any atom is 0.164 e. The zero-order valence-electron chi connectivity index (χ0n) is 26.0. The van der Waals surface area contributed by atoms with Crippen LogP contribution in [0.5, 0.6) is 0 Å². The van der Waals surface area contributed by atoms with E-state index in [1.807, 2.05) is 36.4 Å². The van der Waals surface area contributed by atoms with E-state index < -0.39 is 0 Å². The van der Waals surface area contributed by atoms with E-state index in [9.17, 15) is 0 Å². The van der Waals surface area contributed by atoms with Crippen LogP contribution in [0.3, 0.4) is 0 Å². The summed E-state index contributed by atoms with van der Waals surface area (Å²) in [6.45, 7) is 0. The molecule has 4 aliphatic rings. The van der Waals surface area contributed by atoms with Crippen molar-refractivity contribution in [1.29, 1.82) is 0 Å². The number of aryl methyl sites for hydroxylation is 4. The van der Waals surface area contributed by atoms with E-state index in [0.717, 1.165) is 48.2 Å². The number of nitrogens with zero attached hydrogens (tertiary/aromatic N) is 4. The molecule has 4 aliphatic carbocycles. The van der Waals surface area contributed by atoms with Gasteiger partial charge >= 0.3 is 0 Å². The molecule has 47 heavy (non-hydrogen) atoms. The number of aromatic nitrogens is 4. The first-order valence-corrected chi connectivity index (χ1v) is 16.4. The summed E-state index contributed by atoms with van der Waals surface area (Å²) in [5.74, 6) is 2.11. The van der Waals surface area contributed by atoms with Crippen molar-refractivity contribution < 1.29 is 0 Å². The SMILES string of the molecule is c1ccc(-c2nc(-c3ccccc3)nc(-c3cc4ccc3CCc3ccc(c(-n5c6ccccc6c6ccccc65)c3)CC4)n2)cc1. The summed E-state index contributed by atoms with van der Waals surface area (Å²) in [5, 5.41) is 2.59. The Morgan fingerprint density at radius 2 is 0.894 bits per heavy atom. The maximum atomic E-state index is 5.09. The first kappa shape index (κ1) is 27.4. The van der Waals surface area contributed by atoms with Crippen LogP contribution in [-0.2, 0) is 25.7 Å². The van der Waals surface area contributed by atoms with Gasteiger partial charge in [-0.05, 0) is 72.2 Å². The zero-order valence-corrected chi connectivity index (χ0v) is 26.0. The van der Waals surface area contributed by atoms with Crippen LogP contribution < -0.4 is 0 Å². The van der Waals surface area contributed by atoms with Gasteiger partial charge in [-0.3, -0.25) is 0 Å². The highest BCUT2D eigenvalue weighted by atomic mass is 15.0. The van der Waals surface area contributed by atoms with Crippen LogP contribution in [0.25, 0.3) is 61.7 Å². The molecule has 6 aromatic carbocycles. The highest BCUT2D eigenvalue weighted by Gasteiger charge is 2.19. The Kier molecular flexibility index (Phi) is 6.71. The van der Waals surface area contributed by atoms with Crippen LogP contribution in [0.4, 0.5) is 0 Å². The van der Waals surface area contributed by atoms with Crippen LogP contribution in [0.15, 0.2) is 146 Å². The van der Waals surface area contributed by atoms with Gasteiger partial charge < -0.3 is 4.57 Å². The zero-order chi connectivity index (χ0) is 31.2. The van der Waals surface area contributed by atoms with Crippen LogP contribution in [0, 0.1) is 0 Å². The van der Waals surface area contributed by atoms with Gasteiger partial charge in [-0.1, -0.05) is 121 Å². The number of fused-ring (bicyclic) bond motifs is 3. The van der Waals surface area contributed by atoms with E-state index in [4.69, 9.17) is 15.0 Å². The molecule has 4 heteroatoms. The van der Waals surface area contributed by atoms with E-state index in [-0.39, 0.29) is 0 Å². The van der Waals surface area contributed by atoms with Gasteiger partial charge in [0.15, 0.2) is 17.5 Å². The van der Waals surface area contributed by atoms with Crippen molar-refractivity contribution in [3.05, 3.63) is 168 Å². The second-order valence-corrected chi connectivity index (χ2v) is 12.4. The summed E-state index contributed by atoms with van der Waals surface area (Å²) in [6.07, 6.45) is 3.64. The molecule has 0 amide bonds. The Hall–Kier alpha value is -5.87. The minimum atomic E-state index is 0.692. The highest BCUT2D eigenvalue weighted by molar-refractivity contribution is 6.09. The lowest BCUT2D eigenvalue weighted by atomic mass is 9.92. The van der Waals surface area contributed by atoms with Crippen molar-refractivity contribution in [2.45, 2.75) is 25.7 Å². The van der Waals surface area contributed by atoms with E-state index in [1.54, 1.807) is 0 Å². The molecule has 8 aromatic rings. The van der Waals surface area contributed by atoms with Crippen molar-refractivity contribution in [1.82, 2.24) is 19.5 Å². The molecule has 0 atom stereocenters. The Morgan fingerprint density at radius 1 is 0.404 bits per heavy atom. The quantitative estimate of drug-likeness (QED) is 0.201. The van der Waals surface area contributed by atoms with Gasteiger partial charge in [0.2, 0.25) is 0 Å². The largest absolute Gasteiger partial charge is 0.309 e. The minimum absolute atomic E-state index is 0.692. The number of hydrogen-bond acceptors (Lipinski definition) is 3. The van der Waals surface area contributed by atoms with Crippen molar-refractivity contribution in [3.8, 4) is 39.9 Å². The van der Waals surface area contributed by atoms with Gasteiger partial charge in [0.05, 0.1) is 11.0 Å². The molecule has 4 nitrogen and oxygen atoms in total. The fourth-order valence-electron chi connectivity index (χ4n) is 7.06. The first-order chi connectivity index (χ1) is 23.3. The Bertz CT molecular complexity index is 2300. The predicted octanol–water partition coefficient (Wildman–Crippen LogP) is 9.85. The molecule has 0 saturated carbocycles. The van der Waals surface area contributed by atoms with Gasteiger partial charge in [0.25, 0.3) is 0 Å². The molecule has 2 aromatic heterocycles. The normalized spacial score (nSPS) is 12.8. The summed E-state index contributed by atoms with van der Waals surface area (Å²) < 4.78 is 2.48. The second kappa shape index (κ2) is 11.5. The lowest BCUT2D eigenvalue weighted by Crippen LogP contribution is -2.07. The Labute approximate surface area is 274 Å². The van der Waals surface area contributed by atoms with Gasteiger partial charge in [-0.15, -0.1) is 0 Å². The monoisotopic (exact) mass is 604 g/mol. The van der Waals surface area contributed by atoms with Crippen LogP contribution in [0.2, 0.25) is 0 Å². The highest BCUT2D eigenvalue weighted by Crippen LogP contribution is 2.35. The fourth-order valence-corrected chi connectivity index (χ4v) is 7.06. The molecule has 0 radical (unpaired) electrons. The van der Waals surface area contributed by atoms with Gasteiger partial charge in [-0.2, -0.15) is 0 Å². The van der Waals surface area contributed by atoms with Gasteiger partial charge in [-0.25, -0.2) is 15.0 Å². The molecule has 0 N–H and O–H groups in total. The van der Waals surface area contributed by atoms with Crippen molar-refractivity contribution in [2.24, 2.45) is 0 Å². The van der Waals surface area contributed by atoms with Crippen LogP contribution in [-0.4, -0.2) is 19.5 Å². The first-order valence-electron chi connectivity index (χ1n) is 16.4. The lowest BCUT2D eigenvalue weighted by Gasteiger charge is -2.18. The molecule has 0 saturated heterocycles. The Balaban J connectivity index is 1.16. The van der Waals surface area contributed by atoms with Crippen LogP contribution in [0.1, 0.15) is 22.3 Å². The maximum absolute atomic E-state index is 5.09. The Morgan fingerprint density at radius 3 is 1.51 bits per heavy atom. The number of rotatable bonds is 4. The van der Waals surface area contributed by atoms with Crippen molar-refractivity contribution in [3.63, 3.8) is 0 Å². The van der Waals surface area contributed by atoms with Gasteiger partial charge in [0, 0.05) is 33.2 Å². The average Bonchev–Trinajstić information content (AvgIpc) is 3.47. The number of benzene rings is 6. The van der Waals surface area contributed by atoms with E-state index in [0.29, 0.717) is 11.6 Å². The molecular weight excluding hydrogens is 573 g/mol. The third kappa shape index (κ3) is 4.99. The third-order valence-electron chi connectivity index (χ3n) is 9.45. The van der Waals surface area contributed by atoms with Crippen LogP contribution >= 0.6 is 0 Å². The smallest absolute Gasteiger partial charge is 0.164 e. The van der Waals surface area contributed by atoms with Gasteiger partial charge in [0.1, 0.15) is 0 Å². The molecule has 0 aliphatic heterocycles. The third-order valence-corrected chi connectivity index (χ3v) is 9.45. The standard InChI is InChI=1S/C43H32N4/c1-3-11-33(12-4-1)41-44-42(34-13-5-2-6-14-34)46-43(45-41)37-27-29-19-23-31(37)24-20-30-22-26-32(25-21-29)40(28-30)47-38-17-9-7-15-35(38)36-16-8-10-18-39(36)47/h1-19,22-23,26-28H,20-21,24-25H2. The molecule has 0 spiro atoms. The van der Waals surface area contributed by atoms with E-state index in [2.05, 4.69) is 114 Å². The summed E-state index contributed by atoms with van der Waals surface area (Å²) in [6, 6.07) is 52.0. The molecule has 0 unspecified atom stereocenters. The predicted molar refractivity (Wildman–Crippen MR) is 192 cm³/mol. The summed E-state index contributed by atoms with van der Waals surface area (Å²) in [7, 11) is 0. The summed E-state index contributed by atoms with van der Waals surface area (Å²) in [4.78, 5) is 15.1. The molecule has 4 bridgehead atoms. The fraction of sp³-hybridized carbons (Fsp3) is 0.0930. The summed E-state index contributed by atoms with van der Waals surface area (Å²) >= 11 is 0. The second-order valence-electron chi connectivity index (χ2n) is 12.4. The molecular formula is C43H32N4. The molecule has 0 fully saturated rings.